The molecule has 0 bridgehead atoms. The van der Waals surface area contributed by atoms with Crippen LogP contribution in [0.25, 0.3) is 0 Å². The lowest BCUT2D eigenvalue weighted by molar-refractivity contribution is 0.0693. The average molecular weight is 351 g/mol. The molecule has 24 heavy (non-hydrogen) atoms. The van der Waals surface area contributed by atoms with E-state index >= 15 is 0 Å². The SMILES string of the molecule is NCC1CCN(C(=O)c2cccc(S(=O)(=O)NCC3CC3)c2)CC1. The predicted molar refractivity (Wildman–Crippen MR) is 92.0 cm³/mol. The summed E-state index contributed by atoms with van der Waals surface area (Å²) in [7, 11) is -3.55. The van der Waals surface area contributed by atoms with Gasteiger partial charge in [-0.15, -0.1) is 0 Å². The number of benzene rings is 1. The number of sulfonamides is 1. The van der Waals surface area contributed by atoms with Gasteiger partial charge in [0.2, 0.25) is 10.0 Å². The molecule has 0 unspecified atom stereocenters. The maximum Gasteiger partial charge on any atom is 0.253 e. The lowest BCUT2D eigenvalue weighted by atomic mass is 9.96. The van der Waals surface area contributed by atoms with Gasteiger partial charge in [-0.05, 0) is 62.3 Å². The second kappa shape index (κ2) is 7.21. The zero-order valence-electron chi connectivity index (χ0n) is 13.8. The molecule has 1 aliphatic heterocycles. The first-order valence-electron chi connectivity index (χ1n) is 8.58. The number of rotatable bonds is 6. The number of likely N-dealkylation sites (tertiary alicyclic amines) is 1. The summed E-state index contributed by atoms with van der Waals surface area (Å²) in [6.45, 7) is 2.49. The first-order chi connectivity index (χ1) is 11.5. The van der Waals surface area contributed by atoms with Crippen LogP contribution in [0.15, 0.2) is 29.2 Å². The number of carbonyl (C=O) groups excluding carboxylic acids is 1. The van der Waals surface area contributed by atoms with Gasteiger partial charge in [-0.25, -0.2) is 13.1 Å². The van der Waals surface area contributed by atoms with Gasteiger partial charge in [-0.1, -0.05) is 6.07 Å². The predicted octanol–water partition coefficient (Wildman–Crippen LogP) is 1.19. The van der Waals surface area contributed by atoms with Crippen LogP contribution in [-0.2, 0) is 10.0 Å². The maximum atomic E-state index is 12.6. The van der Waals surface area contributed by atoms with Crippen molar-refractivity contribution in [2.45, 2.75) is 30.6 Å². The molecular weight excluding hydrogens is 326 g/mol. The maximum absolute atomic E-state index is 12.6. The second-order valence-corrected chi connectivity index (χ2v) is 8.56. The fourth-order valence-electron chi connectivity index (χ4n) is 2.98. The minimum Gasteiger partial charge on any atom is -0.339 e. The molecule has 0 radical (unpaired) electrons. The van der Waals surface area contributed by atoms with Crippen LogP contribution in [0, 0.1) is 11.8 Å². The Morgan fingerprint density at radius 3 is 2.50 bits per heavy atom. The zero-order chi connectivity index (χ0) is 17.2. The van der Waals surface area contributed by atoms with Crippen LogP contribution in [0.4, 0.5) is 0 Å². The quantitative estimate of drug-likeness (QED) is 0.805. The summed E-state index contributed by atoms with van der Waals surface area (Å²) in [5.74, 6) is 0.838. The summed E-state index contributed by atoms with van der Waals surface area (Å²) < 4.78 is 27.3. The molecule has 1 amide bonds. The van der Waals surface area contributed by atoms with E-state index in [4.69, 9.17) is 5.73 Å². The Kier molecular flexibility index (Phi) is 5.22. The van der Waals surface area contributed by atoms with Gasteiger partial charge in [0.15, 0.2) is 0 Å². The van der Waals surface area contributed by atoms with Gasteiger partial charge in [-0.3, -0.25) is 4.79 Å². The molecule has 1 aliphatic carbocycles. The molecule has 6 nitrogen and oxygen atoms in total. The molecule has 0 aromatic heterocycles. The largest absolute Gasteiger partial charge is 0.339 e. The van der Waals surface area contributed by atoms with Crippen LogP contribution < -0.4 is 10.5 Å². The molecule has 0 atom stereocenters. The molecule has 1 aromatic rings. The standard InChI is InChI=1S/C17H25N3O3S/c18-11-13-6-8-20(9-7-13)17(21)15-2-1-3-16(10-15)24(22,23)19-12-14-4-5-14/h1-3,10,13-14,19H,4-9,11-12,18H2. The molecule has 0 spiro atoms. The summed E-state index contributed by atoms with van der Waals surface area (Å²) in [6, 6.07) is 6.32. The van der Waals surface area contributed by atoms with E-state index in [1.54, 1.807) is 17.0 Å². The molecule has 1 aromatic carbocycles. The smallest absolute Gasteiger partial charge is 0.253 e. The normalized spacial score (nSPS) is 19.5. The van der Waals surface area contributed by atoms with E-state index in [0.717, 1.165) is 25.7 Å². The summed E-state index contributed by atoms with van der Waals surface area (Å²) in [4.78, 5) is 14.6. The van der Waals surface area contributed by atoms with Crippen LogP contribution in [0.1, 0.15) is 36.0 Å². The molecule has 2 aliphatic rings. The van der Waals surface area contributed by atoms with E-state index in [1.165, 1.54) is 12.1 Å². The highest BCUT2D eigenvalue weighted by Gasteiger charge is 2.26. The van der Waals surface area contributed by atoms with Gasteiger partial charge in [-0.2, -0.15) is 0 Å². The Balaban J connectivity index is 1.69. The van der Waals surface area contributed by atoms with Crippen molar-refractivity contribution in [3.63, 3.8) is 0 Å². The van der Waals surface area contributed by atoms with Gasteiger partial charge < -0.3 is 10.6 Å². The topological polar surface area (TPSA) is 92.5 Å². The van der Waals surface area contributed by atoms with E-state index in [9.17, 15) is 13.2 Å². The Morgan fingerprint density at radius 1 is 1.17 bits per heavy atom. The van der Waals surface area contributed by atoms with Crippen LogP contribution in [-0.4, -0.2) is 45.4 Å². The third-order valence-electron chi connectivity index (χ3n) is 4.89. The zero-order valence-corrected chi connectivity index (χ0v) is 14.6. The van der Waals surface area contributed by atoms with Gasteiger partial charge in [0.05, 0.1) is 4.90 Å². The summed E-state index contributed by atoms with van der Waals surface area (Å²) in [6.07, 6.45) is 3.98. The molecule has 132 valence electrons. The molecule has 1 saturated heterocycles. The van der Waals surface area contributed by atoms with Crippen LogP contribution >= 0.6 is 0 Å². The van der Waals surface area contributed by atoms with E-state index in [2.05, 4.69) is 4.72 Å². The molecule has 1 heterocycles. The molecular formula is C17H25N3O3S. The van der Waals surface area contributed by atoms with Gasteiger partial charge in [0.25, 0.3) is 5.91 Å². The minimum absolute atomic E-state index is 0.107. The summed E-state index contributed by atoms with van der Waals surface area (Å²) in [5, 5.41) is 0. The molecule has 3 rings (SSSR count). The number of hydrogen-bond acceptors (Lipinski definition) is 4. The molecule has 7 heteroatoms. The highest BCUT2D eigenvalue weighted by molar-refractivity contribution is 7.89. The van der Waals surface area contributed by atoms with Crippen molar-refractivity contribution >= 4 is 15.9 Å². The Morgan fingerprint density at radius 2 is 1.88 bits per heavy atom. The monoisotopic (exact) mass is 351 g/mol. The lowest BCUT2D eigenvalue weighted by Gasteiger charge is -2.31. The second-order valence-electron chi connectivity index (χ2n) is 6.79. The van der Waals surface area contributed by atoms with Crippen molar-refractivity contribution in [3.05, 3.63) is 29.8 Å². The van der Waals surface area contributed by atoms with Gasteiger partial charge in [0, 0.05) is 25.2 Å². The average Bonchev–Trinajstić information content (AvgIpc) is 3.44. The highest BCUT2D eigenvalue weighted by atomic mass is 32.2. The first-order valence-corrected chi connectivity index (χ1v) is 10.1. The molecule has 1 saturated carbocycles. The van der Waals surface area contributed by atoms with E-state index in [-0.39, 0.29) is 10.8 Å². The van der Waals surface area contributed by atoms with Crippen molar-refractivity contribution in [2.75, 3.05) is 26.2 Å². The third kappa shape index (κ3) is 4.15. The fraction of sp³-hybridized carbons (Fsp3) is 0.588. The van der Waals surface area contributed by atoms with E-state index in [0.29, 0.717) is 43.6 Å². The minimum atomic E-state index is -3.55. The summed E-state index contributed by atoms with van der Waals surface area (Å²) >= 11 is 0. The number of nitrogens with two attached hydrogens (primary N) is 1. The number of nitrogens with zero attached hydrogens (tertiary/aromatic N) is 1. The molecule has 3 N–H and O–H groups in total. The van der Waals surface area contributed by atoms with Gasteiger partial charge >= 0.3 is 0 Å². The Labute approximate surface area is 143 Å². The van der Waals surface area contributed by atoms with Crippen LogP contribution in [0.3, 0.4) is 0 Å². The fourth-order valence-corrected chi connectivity index (χ4v) is 4.15. The van der Waals surface area contributed by atoms with E-state index < -0.39 is 10.0 Å². The number of amides is 1. The van der Waals surface area contributed by atoms with Crippen molar-refractivity contribution in [1.29, 1.82) is 0 Å². The van der Waals surface area contributed by atoms with Crippen molar-refractivity contribution in [1.82, 2.24) is 9.62 Å². The number of hydrogen-bond donors (Lipinski definition) is 2. The van der Waals surface area contributed by atoms with Crippen molar-refractivity contribution in [2.24, 2.45) is 17.6 Å². The number of nitrogens with one attached hydrogen (secondary N) is 1. The lowest BCUT2D eigenvalue weighted by Crippen LogP contribution is -2.40. The number of carbonyl (C=O) groups is 1. The van der Waals surface area contributed by atoms with E-state index in [1.807, 2.05) is 0 Å². The Hall–Kier alpha value is -1.44. The number of piperidine rings is 1. The molecule has 2 fully saturated rings. The Bertz CT molecular complexity index is 693. The van der Waals surface area contributed by atoms with Crippen molar-refractivity contribution in [3.8, 4) is 0 Å². The van der Waals surface area contributed by atoms with Gasteiger partial charge in [0.1, 0.15) is 0 Å². The first kappa shape index (κ1) is 17.4. The third-order valence-corrected chi connectivity index (χ3v) is 6.31. The summed E-state index contributed by atoms with van der Waals surface area (Å²) in [5.41, 5.74) is 6.11. The highest BCUT2D eigenvalue weighted by Crippen LogP contribution is 2.28. The van der Waals surface area contributed by atoms with Crippen molar-refractivity contribution < 1.29 is 13.2 Å². The van der Waals surface area contributed by atoms with Crippen LogP contribution in [0.5, 0.6) is 0 Å². The van der Waals surface area contributed by atoms with Crippen LogP contribution in [0.2, 0.25) is 0 Å².